The monoisotopic (exact) mass is 239 g/mol. The fourth-order valence-electron chi connectivity index (χ4n) is 2.61. The van der Waals surface area contributed by atoms with Gasteiger partial charge in [-0.1, -0.05) is 0 Å². The summed E-state index contributed by atoms with van der Waals surface area (Å²) >= 11 is 0. The predicted molar refractivity (Wildman–Crippen MR) is 64.2 cm³/mol. The van der Waals surface area contributed by atoms with Crippen LogP contribution >= 0.6 is 0 Å². The summed E-state index contributed by atoms with van der Waals surface area (Å²) in [5, 5.41) is 0. The summed E-state index contributed by atoms with van der Waals surface area (Å²) < 4.78 is 0. The van der Waals surface area contributed by atoms with E-state index < -0.39 is 0 Å². The van der Waals surface area contributed by atoms with Gasteiger partial charge in [0.25, 0.3) is 0 Å². The molecule has 0 aromatic rings. The third-order valence-electron chi connectivity index (χ3n) is 3.72. The normalized spacial score (nSPS) is 27.4. The summed E-state index contributed by atoms with van der Waals surface area (Å²) in [5.74, 6) is 0.136. The molecule has 0 saturated carbocycles. The van der Waals surface area contributed by atoms with Crippen molar-refractivity contribution in [3.63, 3.8) is 0 Å². The van der Waals surface area contributed by atoms with Gasteiger partial charge in [-0.2, -0.15) is 0 Å². The van der Waals surface area contributed by atoms with Crippen molar-refractivity contribution in [2.24, 2.45) is 5.73 Å². The maximum atomic E-state index is 12.2. The third kappa shape index (κ3) is 2.60. The first-order valence-electron chi connectivity index (χ1n) is 6.43. The lowest BCUT2D eigenvalue weighted by molar-refractivity contribution is -0.146. The van der Waals surface area contributed by atoms with Gasteiger partial charge in [0.05, 0.1) is 0 Å². The Bertz CT molecular complexity index is 313. The van der Waals surface area contributed by atoms with Crippen molar-refractivity contribution in [3.05, 3.63) is 0 Å². The van der Waals surface area contributed by atoms with E-state index in [0.717, 1.165) is 32.4 Å². The van der Waals surface area contributed by atoms with Gasteiger partial charge >= 0.3 is 0 Å². The highest BCUT2D eigenvalue weighted by Crippen LogP contribution is 2.17. The molecular formula is C12H21N3O2. The van der Waals surface area contributed by atoms with Gasteiger partial charge in [0.1, 0.15) is 6.04 Å². The highest BCUT2D eigenvalue weighted by Gasteiger charge is 2.33. The zero-order chi connectivity index (χ0) is 12.4. The van der Waals surface area contributed by atoms with Crippen molar-refractivity contribution in [3.8, 4) is 0 Å². The van der Waals surface area contributed by atoms with E-state index in [0.29, 0.717) is 13.0 Å². The van der Waals surface area contributed by atoms with Crippen molar-refractivity contribution in [1.29, 1.82) is 0 Å². The smallest absolute Gasteiger partial charge is 0.245 e. The first-order chi connectivity index (χ1) is 8.09. The summed E-state index contributed by atoms with van der Waals surface area (Å²) in [7, 11) is 0. The highest BCUT2D eigenvalue weighted by atomic mass is 16.2. The van der Waals surface area contributed by atoms with E-state index in [1.165, 1.54) is 0 Å². The van der Waals surface area contributed by atoms with E-state index in [9.17, 15) is 9.59 Å². The molecule has 2 heterocycles. The van der Waals surface area contributed by atoms with Gasteiger partial charge in [-0.15, -0.1) is 0 Å². The van der Waals surface area contributed by atoms with Gasteiger partial charge in [-0.3, -0.25) is 9.59 Å². The molecule has 0 aromatic heterocycles. The lowest BCUT2D eigenvalue weighted by Crippen LogP contribution is -2.55. The fourth-order valence-corrected chi connectivity index (χ4v) is 2.61. The van der Waals surface area contributed by atoms with Crippen molar-refractivity contribution in [1.82, 2.24) is 9.80 Å². The summed E-state index contributed by atoms with van der Waals surface area (Å²) in [5.41, 5.74) is 5.86. The molecule has 0 spiro atoms. The summed E-state index contributed by atoms with van der Waals surface area (Å²) in [4.78, 5) is 27.5. The number of nitrogens with zero attached hydrogens (tertiary/aromatic N) is 2. The molecule has 2 rings (SSSR count). The summed E-state index contributed by atoms with van der Waals surface area (Å²) in [6, 6.07) is -0.339. The van der Waals surface area contributed by atoms with Crippen LogP contribution in [0.15, 0.2) is 0 Å². The molecule has 0 aliphatic carbocycles. The number of hydrogen-bond donors (Lipinski definition) is 1. The van der Waals surface area contributed by atoms with Crippen molar-refractivity contribution in [2.75, 3.05) is 19.6 Å². The Kier molecular flexibility index (Phi) is 3.66. The number of carbonyl (C=O) groups is 2. The van der Waals surface area contributed by atoms with Gasteiger partial charge in [-0.25, -0.2) is 0 Å². The second-order valence-electron chi connectivity index (χ2n) is 5.05. The molecule has 0 aromatic carbocycles. The summed E-state index contributed by atoms with van der Waals surface area (Å²) in [6.45, 7) is 3.99. The Labute approximate surface area is 102 Å². The molecular weight excluding hydrogens is 218 g/mol. The number of rotatable bonds is 2. The lowest BCUT2D eigenvalue weighted by atomic mass is 10.0. The van der Waals surface area contributed by atoms with E-state index in [2.05, 4.69) is 0 Å². The van der Waals surface area contributed by atoms with Gasteiger partial charge in [0, 0.05) is 32.1 Å². The number of likely N-dealkylation sites (tertiary alicyclic amines) is 2. The predicted octanol–water partition coefficient (Wildman–Crippen LogP) is -0.0530. The first-order valence-corrected chi connectivity index (χ1v) is 6.43. The average Bonchev–Trinajstić information content (AvgIpc) is 2.84. The van der Waals surface area contributed by atoms with Gasteiger partial charge < -0.3 is 15.5 Å². The minimum atomic E-state index is -0.355. The largest absolute Gasteiger partial charge is 0.341 e. The zero-order valence-electron chi connectivity index (χ0n) is 10.4. The molecule has 0 radical (unpaired) electrons. The molecule has 5 nitrogen and oxygen atoms in total. The quantitative estimate of drug-likeness (QED) is 0.734. The number of carbonyl (C=O) groups excluding carboxylic acids is 2. The Hall–Kier alpha value is -1.10. The maximum Gasteiger partial charge on any atom is 0.245 e. The molecule has 2 saturated heterocycles. The van der Waals surface area contributed by atoms with Gasteiger partial charge in [0.2, 0.25) is 11.8 Å². The van der Waals surface area contributed by atoms with Crippen LogP contribution in [-0.4, -0.2) is 53.3 Å². The molecule has 2 aliphatic heterocycles. The third-order valence-corrected chi connectivity index (χ3v) is 3.72. The molecule has 2 aliphatic rings. The fraction of sp³-hybridized carbons (Fsp3) is 0.833. The molecule has 17 heavy (non-hydrogen) atoms. The topological polar surface area (TPSA) is 66.6 Å². The van der Waals surface area contributed by atoms with Crippen LogP contribution in [0.5, 0.6) is 0 Å². The Morgan fingerprint density at radius 1 is 1.41 bits per heavy atom. The van der Waals surface area contributed by atoms with Gasteiger partial charge in [0.15, 0.2) is 0 Å². The second kappa shape index (κ2) is 5.04. The molecule has 2 N–H and O–H groups in total. The first kappa shape index (κ1) is 12.4. The Morgan fingerprint density at radius 2 is 2.06 bits per heavy atom. The number of hydrogen-bond acceptors (Lipinski definition) is 3. The molecule has 2 fully saturated rings. The lowest BCUT2D eigenvalue weighted by Gasteiger charge is -2.36. The van der Waals surface area contributed by atoms with E-state index in [4.69, 9.17) is 5.73 Å². The van der Waals surface area contributed by atoms with Crippen molar-refractivity contribution >= 4 is 11.8 Å². The number of piperidine rings is 1. The van der Waals surface area contributed by atoms with E-state index in [-0.39, 0.29) is 23.9 Å². The molecule has 0 unspecified atom stereocenters. The zero-order valence-corrected chi connectivity index (χ0v) is 10.4. The van der Waals surface area contributed by atoms with Crippen LogP contribution in [-0.2, 0) is 9.59 Å². The molecule has 96 valence electrons. The van der Waals surface area contributed by atoms with E-state index in [1.54, 1.807) is 4.90 Å². The standard InChI is InChI=1S/C12H21N3O2/c1-9(12(17)14-6-2-3-7-14)15-8-10(13)4-5-11(15)16/h9-10H,2-8,13H2,1H3/t9-,10+/m1/s1. The Morgan fingerprint density at radius 3 is 2.71 bits per heavy atom. The highest BCUT2D eigenvalue weighted by molar-refractivity contribution is 5.88. The number of amides is 2. The van der Waals surface area contributed by atoms with E-state index in [1.807, 2.05) is 11.8 Å². The minimum Gasteiger partial charge on any atom is -0.341 e. The van der Waals surface area contributed by atoms with E-state index >= 15 is 0 Å². The molecule has 5 heteroatoms. The second-order valence-corrected chi connectivity index (χ2v) is 5.05. The average molecular weight is 239 g/mol. The number of nitrogens with two attached hydrogens (primary N) is 1. The van der Waals surface area contributed by atoms with Crippen LogP contribution in [0.25, 0.3) is 0 Å². The Balaban J connectivity index is 1.99. The van der Waals surface area contributed by atoms with Crippen molar-refractivity contribution in [2.45, 2.75) is 44.7 Å². The molecule has 0 bridgehead atoms. The minimum absolute atomic E-state index is 0.0153. The maximum absolute atomic E-state index is 12.2. The SMILES string of the molecule is C[C@H](C(=O)N1CCCC1)N1C[C@@H](N)CCC1=O. The van der Waals surface area contributed by atoms with Crippen LogP contribution in [0, 0.1) is 0 Å². The van der Waals surface area contributed by atoms with Crippen LogP contribution < -0.4 is 5.73 Å². The van der Waals surface area contributed by atoms with Crippen molar-refractivity contribution < 1.29 is 9.59 Å². The van der Waals surface area contributed by atoms with Crippen LogP contribution in [0.1, 0.15) is 32.6 Å². The molecule has 2 atom stereocenters. The molecule has 2 amide bonds. The van der Waals surface area contributed by atoms with Crippen LogP contribution in [0.4, 0.5) is 0 Å². The van der Waals surface area contributed by atoms with Crippen LogP contribution in [0.3, 0.4) is 0 Å². The summed E-state index contributed by atoms with van der Waals surface area (Å²) in [6.07, 6.45) is 3.36. The van der Waals surface area contributed by atoms with Gasteiger partial charge in [-0.05, 0) is 26.2 Å². The van der Waals surface area contributed by atoms with Crippen LogP contribution in [0.2, 0.25) is 0 Å².